The first-order valence-corrected chi connectivity index (χ1v) is 4.01. The molecule has 0 atom stereocenters. The molecule has 0 aliphatic carbocycles. The van der Waals surface area contributed by atoms with Gasteiger partial charge in [0.2, 0.25) is 5.28 Å². The fourth-order valence-electron chi connectivity index (χ4n) is 1.04. The van der Waals surface area contributed by atoms with Crippen molar-refractivity contribution in [2.45, 2.75) is 26.4 Å². The first-order chi connectivity index (χ1) is 5.41. The van der Waals surface area contributed by atoms with Crippen molar-refractivity contribution in [1.29, 1.82) is 0 Å². The van der Waals surface area contributed by atoms with E-state index < -0.39 is 5.60 Å². The molecule has 0 bridgehead atoms. The molecule has 0 unspecified atom stereocenters. The largest absolute Gasteiger partial charge is 0.384 e. The standard InChI is InChI=1S/C8H11ClN2O/c1-5-4-10-7(9)11-6(5)8(2,3)12/h4,12H,1-3H3. The van der Waals surface area contributed by atoms with Crippen molar-refractivity contribution < 1.29 is 5.11 Å². The van der Waals surface area contributed by atoms with E-state index >= 15 is 0 Å². The van der Waals surface area contributed by atoms with Gasteiger partial charge in [0.05, 0.1) is 5.69 Å². The van der Waals surface area contributed by atoms with Crippen LogP contribution in [-0.2, 0) is 5.60 Å². The Labute approximate surface area is 76.4 Å². The molecular formula is C8H11ClN2O. The van der Waals surface area contributed by atoms with E-state index in [1.54, 1.807) is 20.0 Å². The van der Waals surface area contributed by atoms with Gasteiger partial charge in [-0.25, -0.2) is 9.97 Å². The predicted molar refractivity (Wildman–Crippen MR) is 47.0 cm³/mol. The molecule has 1 N–H and O–H groups in total. The lowest BCUT2D eigenvalue weighted by atomic mass is 10.0. The molecule has 0 aliphatic heterocycles. The third-order valence-corrected chi connectivity index (χ3v) is 1.70. The summed E-state index contributed by atoms with van der Waals surface area (Å²) in [4.78, 5) is 7.74. The number of aryl methyl sites for hydroxylation is 1. The van der Waals surface area contributed by atoms with E-state index in [2.05, 4.69) is 9.97 Å². The summed E-state index contributed by atoms with van der Waals surface area (Å²) in [6.07, 6.45) is 1.60. The Kier molecular flexibility index (Phi) is 2.35. The summed E-state index contributed by atoms with van der Waals surface area (Å²) in [5.74, 6) is 0. The van der Waals surface area contributed by atoms with Gasteiger partial charge < -0.3 is 5.11 Å². The van der Waals surface area contributed by atoms with Crippen molar-refractivity contribution in [3.8, 4) is 0 Å². The van der Waals surface area contributed by atoms with Gasteiger partial charge in [-0.1, -0.05) is 0 Å². The van der Waals surface area contributed by atoms with Crippen LogP contribution in [0.25, 0.3) is 0 Å². The summed E-state index contributed by atoms with van der Waals surface area (Å²) in [6.45, 7) is 5.17. The number of aromatic nitrogens is 2. The fraction of sp³-hybridized carbons (Fsp3) is 0.500. The molecule has 0 fully saturated rings. The van der Waals surface area contributed by atoms with Crippen LogP contribution in [0.1, 0.15) is 25.1 Å². The lowest BCUT2D eigenvalue weighted by Crippen LogP contribution is -2.19. The summed E-state index contributed by atoms with van der Waals surface area (Å²) < 4.78 is 0. The maximum atomic E-state index is 9.65. The van der Waals surface area contributed by atoms with Crippen LogP contribution in [-0.4, -0.2) is 15.1 Å². The van der Waals surface area contributed by atoms with Gasteiger partial charge in [0.15, 0.2) is 0 Å². The topological polar surface area (TPSA) is 46.0 Å². The zero-order valence-corrected chi connectivity index (χ0v) is 8.05. The minimum absolute atomic E-state index is 0.165. The van der Waals surface area contributed by atoms with Crippen molar-refractivity contribution in [3.05, 3.63) is 22.7 Å². The molecular weight excluding hydrogens is 176 g/mol. The highest BCUT2D eigenvalue weighted by molar-refractivity contribution is 6.28. The molecule has 0 amide bonds. The van der Waals surface area contributed by atoms with E-state index in [1.165, 1.54) is 0 Å². The van der Waals surface area contributed by atoms with Crippen molar-refractivity contribution in [3.63, 3.8) is 0 Å². The summed E-state index contributed by atoms with van der Waals surface area (Å²) in [5, 5.41) is 9.81. The normalized spacial score (nSPS) is 11.8. The van der Waals surface area contributed by atoms with E-state index in [-0.39, 0.29) is 5.28 Å². The molecule has 12 heavy (non-hydrogen) atoms. The molecule has 0 saturated heterocycles. The lowest BCUT2D eigenvalue weighted by Gasteiger charge is -2.18. The second-order valence-corrected chi connectivity index (χ2v) is 3.57. The molecule has 1 rings (SSSR count). The van der Waals surface area contributed by atoms with E-state index in [4.69, 9.17) is 11.6 Å². The molecule has 0 aliphatic rings. The zero-order chi connectivity index (χ0) is 9.35. The molecule has 0 radical (unpaired) electrons. The maximum absolute atomic E-state index is 9.65. The molecule has 0 aromatic carbocycles. The van der Waals surface area contributed by atoms with Crippen LogP contribution < -0.4 is 0 Å². The first-order valence-electron chi connectivity index (χ1n) is 3.63. The number of aliphatic hydroxyl groups is 1. The van der Waals surface area contributed by atoms with Gasteiger partial charge in [-0.2, -0.15) is 0 Å². The van der Waals surface area contributed by atoms with Gasteiger partial charge in [-0.15, -0.1) is 0 Å². The monoisotopic (exact) mass is 186 g/mol. The van der Waals surface area contributed by atoms with Crippen molar-refractivity contribution in [2.75, 3.05) is 0 Å². The van der Waals surface area contributed by atoms with Crippen LogP contribution in [0.4, 0.5) is 0 Å². The van der Waals surface area contributed by atoms with Crippen molar-refractivity contribution >= 4 is 11.6 Å². The Hall–Kier alpha value is -0.670. The number of hydrogen-bond donors (Lipinski definition) is 1. The highest BCUT2D eigenvalue weighted by Gasteiger charge is 2.20. The van der Waals surface area contributed by atoms with Gasteiger partial charge in [0, 0.05) is 6.20 Å². The summed E-state index contributed by atoms with van der Waals surface area (Å²) in [5.41, 5.74) is 0.450. The smallest absolute Gasteiger partial charge is 0.222 e. The third kappa shape index (κ3) is 1.93. The van der Waals surface area contributed by atoms with Crippen LogP contribution >= 0.6 is 11.6 Å². The molecule has 1 heterocycles. The second kappa shape index (κ2) is 2.99. The summed E-state index contributed by atoms with van der Waals surface area (Å²) >= 11 is 5.59. The molecule has 0 saturated carbocycles. The lowest BCUT2D eigenvalue weighted by molar-refractivity contribution is 0.0729. The Morgan fingerprint density at radius 3 is 2.50 bits per heavy atom. The van der Waals surface area contributed by atoms with Gasteiger partial charge in [0.1, 0.15) is 5.60 Å². The second-order valence-electron chi connectivity index (χ2n) is 3.23. The summed E-state index contributed by atoms with van der Waals surface area (Å²) in [7, 11) is 0. The van der Waals surface area contributed by atoms with Crippen LogP contribution in [0.3, 0.4) is 0 Å². The molecule has 1 aromatic rings. The van der Waals surface area contributed by atoms with Crippen LogP contribution in [0, 0.1) is 6.92 Å². The van der Waals surface area contributed by atoms with E-state index in [9.17, 15) is 5.11 Å². The Morgan fingerprint density at radius 2 is 2.08 bits per heavy atom. The summed E-state index contributed by atoms with van der Waals surface area (Å²) in [6, 6.07) is 0. The quantitative estimate of drug-likeness (QED) is 0.679. The number of nitrogens with zero attached hydrogens (tertiary/aromatic N) is 2. The van der Waals surface area contributed by atoms with Crippen LogP contribution in [0.5, 0.6) is 0 Å². The van der Waals surface area contributed by atoms with Gasteiger partial charge in [-0.05, 0) is 37.9 Å². The van der Waals surface area contributed by atoms with Crippen molar-refractivity contribution in [1.82, 2.24) is 9.97 Å². The Morgan fingerprint density at radius 1 is 1.50 bits per heavy atom. The fourth-order valence-corrected chi connectivity index (χ4v) is 1.17. The molecule has 66 valence electrons. The minimum atomic E-state index is -0.962. The molecule has 4 heteroatoms. The number of hydrogen-bond acceptors (Lipinski definition) is 3. The predicted octanol–water partition coefficient (Wildman–Crippen LogP) is 1.67. The van der Waals surface area contributed by atoms with Gasteiger partial charge in [0.25, 0.3) is 0 Å². The van der Waals surface area contributed by atoms with E-state index in [0.717, 1.165) is 5.56 Å². The van der Waals surface area contributed by atoms with Crippen LogP contribution in [0.15, 0.2) is 6.20 Å². The van der Waals surface area contributed by atoms with Crippen molar-refractivity contribution in [2.24, 2.45) is 0 Å². The molecule has 0 spiro atoms. The Bertz CT molecular complexity index is 294. The van der Waals surface area contributed by atoms with Gasteiger partial charge >= 0.3 is 0 Å². The van der Waals surface area contributed by atoms with Crippen LogP contribution in [0.2, 0.25) is 5.28 Å². The highest BCUT2D eigenvalue weighted by Crippen LogP contribution is 2.21. The average Bonchev–Trinajstić information content (AvgIpc) is 1.92. The zero-order valence-electron chi connectivity index (χ0n) is 7.30. The average molecular weight is 187 g/mol. The first kappa shape index (κ1) is 9.42. The maximum Gasteiger partial charge on any atom is 0.222 e. The molecule has 1 aromatic heterocycles. The highest BCUT2D eigenvalue weighted by atomic mass is 35.5. The SMILES string of the molecule is Cc1cnc(Cl)nc1C(C)(C)O. The Balaban J connectivity index is 3.23. The number of halogens is 1. The van der Waals surface area contributed by atoms with E-state index in [0.29, 0.717) is 5.69 Å². The number of rotatable bonds is 1. The van der Waals surface area contributed by atoms with Gasteiger partial charge in [-0.3, -0.25) is 0 Å². The minimum Gasteiger partial charge on any atom is -0.384 e. The third-order valence-electron chi connectivity index (χ3n) is 1.52. The molecule has 3 nitrogen and oxygen atoms in total. The van der Waals surface area contributed by atoms with E-state index in [1.807, 2.05) is 6.92 Å².